The summed E-state index contributed by atoms with van der Waals surface area (Å²) in [6.07, 6.45) is 2.28. The number of nitrogens with zero attached hydrogens (tertiary/aromatic N) is 2. The topological polar surface area (TPSA) is 90.0 Å². The number of sulfonamides is 1. The molecular weight excluding hydrogens is 228 g/mol. The summed E-state index contributed by atoms with van der Waals surface area (Å²) in [5, 5.41) is 12.2. The molecule has 0 saturated carbocycles. The highest BCUT2D eigenvalue weighted by molar-refractivity contribution is 7.89. The number of rotatable bonds is 7. The van der Waals surface area contributed by atoms with E-state index < -0.39 is 10.0 Å². The average molecular weight is 246 g/mol. The molecule has 1 heterocycles. The lowest BCUT2D eigenvalue weighted by molar-refractivity contribution is 0.572. The Labute approximate surface area is 95.9 Å². The maximum atomic E-state index is 10.7. The first kappa shape index (κ1) is 13.1. The molecular formula is C9H18N4O2S. The molecule has 3 N–H and O–H groups in total. The summed E-state index contributed by atoms with van der Waals surface area (Å²) in [6.45, 7) is 4.18. The molecule has 1 rings (SSSR count). The van der Waals surface area contributed by atoms with Crippen LogP contribution >= 0.6 is 0 Å². The monoisotopic (exact) mass is 246 g/mol. The Kier molecular flexibility index (Phi) is 4.91. The van der Waals surface area contributed by atoms with E-state index in [1.807, 2.05) is 17.7 Å². The van der Waals surface area contributed by atoms with Gasteiger partial charge in [-0.2, -0.15) is 5.10 Å². The summed E-state index contributed by atoms with van der Waals surface area (Å²) >= 11 is 0. The predicted octanol–water partition coefficient (Wildman–Crippen LogP) is -0.329. The number of aryl methyl sites for hydroxylation is 1. The van der Waals surface area contributed by atoms with Crippen LogP contribution < -0.4 is 10.5 Å². The number of nitrogens with one attached hydrogen (secondary N) is 1. The zero-order valence-corrected chi connectivity index (χ0v) is 10.2. The standard InChI is InChI=1S/C9H18N4O2S/c1-2-13-9(4-6-12-13)8-11-5-3-7-16(10,14)15/h4,6,11H,2-3,5,7-8H2,1H3,(H2,10,14,15). The fourth-order valence-corrected chi connectivity index (χ4v) is 1.96. The Morgan fingerprint density at radius 2 is 2.31 bits per heavy atom. The van der Waals surface area contributed by atoms with E-state index in [4.69, 9.17) is 5.14 Å². The molecule has 0 amide bonds. The van der Waals surface area contributed by atoms with Crippen LogP contribution in [0.2, 0.25) is 0 Å². The number of nitrogens with two attached hydrogens (primary N) is 1. The van der Waals surface area contributed by atoms with Crippen LogP contribution in [-0.4, -0.2) is 30.5 Å². The smallest absolute Gasteiger partial charge is 0.209 e. The molecule has 0 unspecified atom stereocenters. The molecule has 0 aromatic carbocycles. The van der Waals surface area contributed by atoms with Crippen LogP contribution in [0.3, 0.4) is 0 Å². The van der Waals surface area contributed by atoms with Gasteiger partial charge >= 0.3 is 0 Å². The molecule has 0 aliphatic heterocycles. The highest BCUT2D eigenvalue weighted by Gasteiger charge is 2.02. The molecule has 6 nitrogen and oxygen atoms in total. The lowest BCUT2D eigenvalue weighted by atomic mass is 10.4. The highest BCUT2D eigenvalue weighted by Crippen LogP contribution is 1.97. The molecule has 0 bridgehead atoms. The summed E-state index contributed by atoms with van der Waals surface area (Å²) in [4.78, 5) is 0. The van der Waals surface area contributed by atoms with Crippen molar-refractivity contribution in [3.63, 3.8) is 0 Å². The second-order valence-corrected chi connectivity index (χ2v) is 5.27. The van der Waals surface area contributed by atoms with E-state index in [1.54, 1.807) is 6.20 Å². The first-order valence-corrected chi connectivity index (χ1v) is 6.96. The summed E-state index contributed by atoms with van der Waals surface area (Å²) in [7, 11) is -3.33. The zero-order chi connectivity index (χ0) is 12.0. The molecule has 16 heavy (non-hydrogen) atoms. The molecule has 0 aliphatic rings. The zero-order valence-electron chi connectivity index (χ0n) is 9.39. The minimum Gasteiger partial charge on any atom is -0.311 e. The van der Waals surface area contributed by atoms with E-state index in [2.05, 4.69) is 10.4 Å². The molecule has 0 saturated heterocycles. The number of primary sulfonamides is 1. The SMILES string of the molecule is CCn1nccc1CNCCCS(N)(=O)=O. The third-order valence-electron chi connectivity index (χ3n) is 2.19. The maximum Gasteiger partial charge on any atom is 0.209 e. The lowest BCUT2D eigenvalue weighted by Gasteiger charge is -2.06. The summed E-state index contributed by atoms with van der Waals surface area (Å²) < 4.78 is 23.2. The largest absolute Gasteiger partial charge is 0.311 e. The predicted molar refractivity (Wildman–Crippen MR) is 62.2 cm³/mol. The van der Waals surface area contributed by atoms with Gasteiger partial charge in [-0.25, -0.2) is 13.6 Å². The second kappa shape index (κ2) is 5.97. The van der Waals surface area contributed by atoms with Crippen LogP contribution in [0.5, 0.6) is 0 Å². The van der Waals surface area contributed by atoms with E-state index in [-0.39, 0.29) is 5.75 Å². The van der Waals surface area contributed by atoms with E-state index in [0.29, 0.717) is 19.5 Å². The van der Waals surface area contributed by atoms with E-state index in [9.17, 15) is 8.42 Å². The first-order chi connectivity index (χ1) is 7.53. The Morgan fingerprint density at radius 1 is 1.56 bits per heavy atom. The summed E-state index contributed by atoms with van der Waals surface area (Å²) in [5.74, 6) is 0.0209. The van der Waals surface area contributed by atoms with Crippen molar-refractivity contribution in [3.8, 4) is 0 Å². The Balaban J connectivity index is 2.21. The van der Waals surface area contributed by atoms with Crippen LogP contribution in [0.1, 0.15) is 19.0 Å². The van der Waals surface area contributed by atoms with Crippen LogP contribution in [0.15, 0.2) is 12.3 Å². The molecule has 0 spiro atoms. The van der Waals surface area contributed by atoms with Gasteiger partial charge in [-0.1, -0.05) is 0 Å². The van der Waals surface area contributed by atoms with Gasteiger partial charge in [0.1, 0.15) is 0 Å². The van der Waals surface area contributed by atoms with E-state index in [0.717, 1.165) is 12.2 Å². The molecule has 7 heteroatoms. The average Bonchev–Trinajstić information content (AvgIpc) is 2.63. The van der Waals surface area contributed by atoms with Gasteiger partial charge in [0.2, 0.25) is 10.0 Å². The van der Waals surface area contributed by atoms with Crippen molar-refractivity contribution < 1.29 is 8.42 Å². The van der Waals surface area contributed by atoms with Crippen molar-refractivity contribution in [2.45, 2.75) is 26.4 Å². The quantitative estimate of drug-likeness (QED) is 0.645. The molecule has 0 radical (unpaired) electrons. The van der Waals surface area contributed by atoms with Crippen LogP contribution in [-0.2, 0) is 23.1 Å². The van der Waals surface area contributed by atoms with Gasteiger partial charge in [-0.05, 0) is 26.0 Å². The van der Waals surface area contributed by atoms with Gasteiger partial charge in [-0.3, -0.25) is 4.68 Å². The Bertz CT molecular complexity index is 413. The van der Waals surface area contributed by atoms with Gasteiger partial charge in [0.25, 0.3) is 0 Å². The van der Waals surface area contributed by atoms with E-state index >= 15 is 0 Å². The first-order valence-electron chi connectivity index (χ1n) is 5.25. The van der Waals surface area contributed by atoms with Crippen LogP contribution in [0.25, 0.3) is 0 Å². The minimum atomic E-state index is -3.33. The Morgan fingerprint density at radius 3 is 2.94 bits per heavy atom. The van der Waals surface area contributed by atoms with Crippen LogP contribution in [0, 0.1) is 0 Å². The fourth-order valence-electron chi connectivity index (χ4n) is 1.41. The third kappa shape index (κ3) is 4.73. The van der Waals surface area contributed by atoms with E-state index in [1.165, 1.54) is 0 Å². The van der Waals surface area contributed by atoms with Crippen molar-refractivity contribution in [2.24, 2.45) is 5.14 Å². The van der Waals surface area contributed by atoms with Crippen LogP contribution in [0.4, 0.5) is 0 Å². The van der Waals surface area contributed by atoms with Crippen molar-refractivity contribution in [1.82, 2.24) is 15.1 Å². The molecule has 1 aromatic heterocycles. The molecule has 92 valence electrons. The molecule has 1 aromatic rings. The van der Waals surface area contributed by atoms with Gasteiger partial charge < -0.3 is 5.32 Å². The summed E-state index contributed by atoms with van der Waals surface area (Å²) in [5.41, 5.74) is 1.10. The normalized spacial score (nSPS) is 11.9. The Hall–Kier alpha value is -0.920. The fraction of sp³-hybridized carbons (Fsp3) is 0.667. The number of aromatic nitrogens is 2. The lowest BCUT2D eigenvalue weighted by Crippen LogP contribution is -2.22. The second-order valence-electron chi connectivity index (χ2n) is 3.54. The van der Waals surface area contributed by atoms with Gasteiger partial charge in [-0.15, -0.1) is 0 Å². The maximum absolute atomic E-state index is 10.7. The van der Waals surface area contributed by atoms with Crippen molar-refractivity contribution in [3.05, 3.63) is 18.0 Å². The molecule has 0 atom stereocenters. The van der Waals surface area contributed by atoms with Crippen molar-refractivity contribution in [1.29, 1.82) is 0 Å². The van der Waals surface area contributed by atoms with Gasteiger partial charge in [0, 0.05) is 19.3 Å². The third-order valence-corrected chi connectivity index (χ3v) is 3.05. The van der Waals surface area contributed by atoms with Gasteiger partial charge in [0.05, 0.1) is 11.4 Å². The summed E-state index contributed by atoms with van der Waals surface area (Å²) in [6, 6.07) is 1.94. The minimum absolute atomic E-state index is 0.0209. The molecule has 0 fully saturated rings. The number of hydrogen-bond donors (Lipinski definition) is 2. The highest BCUT2D eigenvalue weighted by atomic mass is 32.2. The van der Waals surface area contributed by atoms with Crippen molar-refractivity contribution >= 4 is 10.0 Å². The van der Waals surface area contributed by atoms with Crippen molar-refractivity contribution in [2.75, 3.05) is 12.3 Å². The van der Waals surface area contributed by atoms with Gasteiger partial charge in [0.15, 0.2) is 0 Å². The molecule has 0 aliphatic carbocycles. The number of hydrogen-bond acceptors (Lipinski definition) is 4.